The third kappa shape index (κ3) is 6.87. The van der Waals surface area contributed by atoms with Gasteiger partial charge < -0.3 is 19.8 Å². The topological polar surface area (TPSA) is 115 Å². The van der Waals surface area contributed by atoms with E-state index in [1.165, 1.54) is 18.7 Å². The predicted molar refractivity (Wildman–Crippen MR) is 67.0 cm³/mol. The minimum atomic E-state index is -0.609. The minimum Gasteiger partial charge on any atom is -0.481 e. The lowest BCUT2D eigenvalue weighted by Crippen LogP contribution is -2.07. The molecule has 0 bridgehead atoms. The minimum absolute atomic E-state index is 0.0185. The molecule has 0 saturated heterocycles. The van der Waals surface area contributed by atoms with Crippen molar-refractivity contribution in [3.63, 3.8) is 0 Å². The SMILES string of the molecule is Nc1ncco1.O=C(O)C1CCCC1.c1cnoc1. The lowest BCUT2D eigenvalue weighted by Gasteiger charge is -1.97. The van der Waals surface area contributed by atoms with Gasteiger partial charge in [-0.2, -0.15) is 0 Å². The number of carboxylic acids is 1. The number of aromatic nitrogens is 2. The normalized spacial score (nSPS) is 13.9. The fraction of sp³-hybridized carbons (Fsp3) is 0.417. The van der Waals surface area contributed by atoms with Gasteiger partial charge in [0.1, 0.15) is 12.5 Å². The summed E-state index contributed by atoms with van der Waals surface area (Å²) < 4.78 is 8.83. The number of anilines is 1. The van der Waals surface area contributed by atoms with Crippen molar-refractivity contribution < 1.29 is 18.8 Å². The maximum atomic E-state index is 10.2. The lowest BCUT2D eigenvalue weighted by atomic mass is 10.1. The molecule has 2 heterocycles. The lowest BCUT2D eigenvalue weighted by molar-refractivity contribution is -0.141. The van der Waals surface area contributed by atoms with E-state index >= 15 is 0 Å². The smallest absolute Gasteiger partial charge is 0.306 e. The van der Waals surface area contributed by atoms with Crippen LogP contribution in [0.1, 0.15) is 25.7 Å². The van der Waals surface area contributed by atoms with Gasteiger partial charge in [-0.15, -0.1) is 0 Å². The van der Waals surface area contributed by atoms with Crippen LogP contribution in [0.5, 0.6) is 0 Å². The molecule has 0 unspecified atom stereocenters. The molecule has 2 aromatic heterocycles. The highest BCUT2D eigenvalue weighted by Crippen LogP contribution is 2.24. The summed E-state index contributed by atoms with van der Waals surface area (Å²) in [6.07, 6.45) is 10.0. The highest BCUT2D eigenvalue weighted by atomic mass is 16.5. The van der Waals surface area contributed by atoms with Gasteiger partial charge in [0.25, 0.3) is 6.01 Å². The molecular weight excluding hydrogens is 250 g/mol. The number of hydrogen-bond donors (Lipinski definition) is 2. The van der Waals surface area contributed by atoms with Gasteiger partial charge in [0.15, 0.2) is 0 Å². The number of nitrogen functional groups attached to an aromatic ring is 1. The second-order valence-corrected chi connectivity index (χ2v) is 3.88. The first kappa shape index (κ1) is 14.7. The first-order valence-electron chi connectivity index (χ1n) is 5.92. The second kappa shape index (κ2) is 8.73. The van der Waals surface area contributed by atoms with Crippen molar-refractivity contribution in [1.29, 1.82) is 0 Å². The summed E-state index contributed by atoms with van der Waals surface area (Å²) in [4.78, 5) is 13.7. The molecule has 1 aliphatic carbocycles. The zero-order valence-electron chi connectivity index (χ0n) is 10.4. The fourth-order valence-electron chi connectivity index (χ4n) is 1.58. The van der Waals surface area contributed by atoms with Crippen LogP contribution in [0.25, 0.3) is 0 Å². The summed E-state index contributed by atoms with van der Waals surface area (Å²) in [7, 11) is 0. The molecule has 3 rings (SSSR count). The zero-order chi connectivity index (χ0) is 13.9. The van der Waals surface area contributed by atoms with Crippen molar-refractivity contribution in [2.45, 2.75) is 25.7 Å². The molecule has 3 N–H and O–H groups in total. The highest BCUT2D eigenvalue weighted by Gasteiger charge is 2.20. The molecule has 0 spiro atoms. The number of carbonyl (C=O) groups is 1. The number of hydrogen-bond acceptors (Lipinski definition) is 6. The van der Waals surface area contributed by atoms with E-state index in [0.29, 0.717) is 0 Å². The molecule has 0 aromatic carbocycles. The number of nitrogens with zero attached hydrogens (tertiary/aromatic N) is 2. The molecule has 1 fully saturated rings. The Morgan fingerprint density at radius 1 is 1.32 bits per heavy atom. The monoisotopic (exact) mass is 267 g/mol. The van der Waals surface area contributed by atoms with Gasteiger partial charge in [-0.1, -0.05) is 18.0 Å². The molecule has 0 radical (unpaired) electrons. The molecule has 0 amide bonds. The van der Waals surface area contributed by atoms with E-state index in [-0.39, 0.29) is 11.9 Å². The number of oxazole rings is 1. The Morgan fingerprint density at radius 2 is 2.05 bits per heavy atom. The number of carboxylic acid groups (broad SMARTS) is 1. The quantitative estimate of drug-likeness (QED) is 0.813. The van der Waals surface area contributed by atoms with Crippen molar-refractivity contribution in [2.24, 2.45) is 5.92 Å². The summed E-state index contributed by atoms with van der Waals surface area (Å²) in [6, 6.07) is 1.94. The van der Waals surface area contributed by atoms with Crippen LogP contribution in [0.15, 0.2) is 39.9 Å². The van der Waals surface area contributed by atoms with Crippen LogP contribution in [0.2, 0.25) is 0 Å². The molecular formula is C12H17N3O4. The van der Waals surface area contributed by atoms with Crippen LogP contribution in [0, 0.1) is 5.92 Å². The van der Waals surface area contributed by atoms with Gasteiger partial charge in [0.2, 0.25) is 0 Å². The highest BCUT2D eigenvalue weighted by molar-refractivity contribution is 5.70. The third-order valence-electron chi connectivity index (χ3n) is 2.50. The molecule has 1 saturated carbocycles. The third-order valence-corrected chi connectivity index (χ3v) is 2.50. The molecule has 7 heteroatoms. The molecule has 0 atom stereocenters. The van der Waals surface area contributed by atoms with Crippen LogP contribution in [-0.4, -0.2) is 21.2 Å². The van der Waals surface area contributed by atoms with Crippen molar-refractivity contribution in [1.82, 2.24) is 10.1 Å². The predicted octanol–water partition coefficient (Wildman–Crippen LogP) is 2.19. The Bertz CT molecular complexity index is 405. The average molecular weight is 267 g/mol. The second-order valence-electron chi connectivity index (χ2n) is 3.88. The van der Waals surface area contributed by atoms with Crippen molar-refractivity contribution >= 4 is 12.0 Å². The van der Waals surface area contributed by atoms with E-state index in [1.54, 1.807) is 12.3 Å². The van der Waals surface area contributed by atoms with E-state index in [9.17, 15) is 4.79 Å². The van der Waals surface area contributed by atoms with Gasteiger partial charge in [0.05, 0.1) is 18.3 Å². The van der Waals surface area contributed by atoms with E-state index in [4.69, 9.17) is 10.8 Å². The van der Waals surface area contributed by atoms with Crippen LogP contribution in [0.4, 0.5) is 6.01 Å². The maximum Gasteiger partial charge on any atom is 0.306 e. The summed E-state index contributed by atoms with van der Waals surface area (Å²) in [6.45, 7) is 0. The summed E-state index contributed by atoms with van der Waals surface area (Å²) in [5, 5.41) is 11.8. The standard InChI is InChI=1S/C6H10O2.C3H4N2O.C3H3NO/c7-6(8)5-3-1-2-4-5;4-3-5-1-2-6-3;1-2-4-5-3-1/h5H,1-4H2,(H,7,8);1-2H,(H2,4,5);1-3H. The first-order chi connectivity index (χ1) is 9.20. The van der Waals surface area contributed by atoms with Crippen LogP contribution in [-0.2, 0) is 4.79 Å². The van der Waals surface area contributed by atoms with Crippen molar-refractivity contribution in [3.8, 4) is 0 Å². The van der Waals surface area contributed by atoms with Crippen LogP contribution in [0.3, 0.4) is 0 Å². The van der Waals surface area contributed by atoms with Gasteiger partial charge in [-0.25, -0.2) is 4.98 Å². The molecule has 7 nitrogen and oxygen atoms in total. The summed E-state index contributed by atoms with van der Waals surface area (Å²) in [5.41, 5.74) is 5.00. The Morgan fingerprint density at radius 3 is 2.26 bits per heavy atom. The first-order valence-corrected chi connectivity index (χ1v) is 5.92. The average Bonchev–Trinajstić information content (AvgIpc) is 3.16. The maximum absolute atomic E-state index is 10.2. The van der Waals surface area contributed by atoms with Crippen LogP contribution < -0.4 is 5.73 Å². The molecule has 0 aliphatic heterocycles. The molecule has 104 valence electrons. The van der Waals surface area contributed by atoms with Crippen LogP contribution >= 0.6 is 0 Å². The van der Waals surface area contributed by atoms with E-state index in [2.05, 4.69) is 19.1 Å². The van der Waals surface area contributed by atoms with Gasteiger partial charge >= 0.3 is 5.97 Å². The summed E-state index contributed by atoms with van der Waals surface area (Å²) in [5.74, 6) is -0.627. The molecule has 19 heavy (non-hydrogen) atoms. The van der Waals surface area contributed by atoms with E-state index < -0.39 is 5.97 Å². The Hall–Kier alpha value is -2.31. The Kier molecular flexibility index (Phi) is 6.78. The zero-order valence-corrected chi connectivity index (χ0v) is 10.4. The van der Waals surface area contributed by atoms with Gasteiger partial charge in [-0.05, 0) is 18.9 Å². The molecule has 1 aliphatic rings. The van der Waals surface area contributed by atoms with E-state index in [0.717, 1.165) is 25.7 Å². The number of rotatable bonds is 1. The molecule has 2 aromatic rings. The van der Waals surface area contributed by atoms with Gasteiger partial charge in [0, 0.05) is 0 Å². The van der Waals surface area contributed by atoms with Crippen molar-refractivity contribution in [3.05, 3.63) is 31.0 Å². The Labute approximate surface area is 110 Å². The Balaban J connectivity index is 0.000000147. The number of nitrogens with two attached hydrogens (primary N) is 1. The summed E-state index contributed by atoms with van der Waals surface area (Å²) >= 11 is 0. The number of aliphatic carboxylic acids is 1. The van der Waals surface area contributed by atoms with Gasteiger partial charge in [-0.3, -0.25) is 4.79 Å². The largest absolute Gasteiger partial charge is 0.481 e. The van der Waals surface area contributed by atoms with Crippen molar-refractivity contribution in [2.75, 3.05) is 5.73 Å². The fourth-order valence-corrected chi connectivity index (χ4v) is 1.58. The van der Waals surface area contributed by atoms with E-state index in [1.807, 2.05) is 0 Å².